The first kappa shape index (κ1) is 18.2. The van der Waals surface area contributed by atoms with Crippen LogP contribution < -0.4 is 0 Å². The van der Waals surface area contributed by atoms with Crippen molar-refractivity contribution in [3.8, 4) is 0 Å². The summed E-state index contributed by atoms with van der Waals surface area (Å²) in [4.78, 5) is 0. The predicted molar refractivity (Wildman–Crippen MR) is 79.6 cm³/mol. The summed E-state index contributed by atoms with van der Waals surface area (Å²) in [6.45, 7) is 1.83. The Kier molecular flexibility index (Phi) is 9.08. The number of unbranched alkanes of at least 4 members (excludes halogenated alkanes) is 5. The van der Waals surface area contributed by atoms with Crippen molar-refractivity contribution < 1.29 is 25.2 Å². The van der Waals surface area contributed by atoms with E-state index in [4.69, 9.17) is 9.84 Å². The third-order valence-corrected chi connectivity index (χ3v) is 4.87. The third-order valence-electron chi connectivity index (χ3n) is 3.63. The largest absolute Gasteiger partial charge is 0.394 e. The molecule has 0 aromatic heterocycles. The molecule has 0 aliphatic carbocycles. The maximum atomic E-state index is 9.86. The van der Waals surface area contributed by atoms with Crippen LogP contribution in [-0.4, -0.2) is 62.6 Å². The van der Waals surface area contributed by atoms with Gasteiger partial charge in [0.05, 0.1) is 6.61 Å². The molecule has 1 heterocycles. The van der Waals surface area contributed by atoms with E-state index >= 15 is 0 Å². The lowest BCUT2D eigenvalue weighted by atomic mass is 10.0. The van der Waals surface area contributed by atoms with Crippen molar-refractivity contribution in [1.29, 1.82) is 0 Å². The number of aliphatic hydroxyl groups excluding tert-OH is 4. The lowest BCUT2D eigenvalue weighted by molar-refractivity contribution is -0.205. The molecule has 0 spiro atoms. The number of hydrogen-bond donors (Lipinski definition) is 4. The van der Waals surface area contributed by atoms with Crippen LogP contribution in [0, 0.1) is 0 Å². The molecule has 5 nitrogen and oxygen atoms in total. The van der Waals surface area contributed by atoms with E-state index in [1.165, 1.54) is 37.4 Å². The van der Waals surface area contributed by atoms with Crippen LogP contribution in [0.1, 0.15) is 45.4 Å². The van der Waals surface area contributed by atoms with Crippen molar-refractivity contribution in [3.05, 3.63) is 0 Å². The molecule has 1 aliphatic heterocycles. The van der Waals surface area contributed by atoms with Crippen molar-refractivity contribution in [1.82, 2.24) is 0 Å². The molecule has 1 saturated heterocycles. The van der Waals surface area contributed by atoms with E-state index in [-0.39, 0.29) is 6.61 Å². The van der Waals surface area contributed by atoms with Crippen LogP contribution in [0.15, 0.2) is 0 Å². The summed E-state index contributed by atoms with van der Waals surface area (Å²) in [7, 11) is 0. The van der Waals surface area contributed by atoms with E-state index in [2.05, 4.69) is 6.92 Å². The molecular weight excluding hydrogens is 280 g/mol. The molecule has 0 bridgehead atoms. The summed E-state index contributed by atoms with van der Waals surface area (Å²) < 4.78 is 5.43. The van der Waals surface area contributed by atoms with Crippen LogP contribution in [0.4, 0.5) is 0 Å². The van der Waals surface area contributed by atoms with Gasteiger partial charge < -0.3 is 25.2 Å². The molecule has 4 N–H and O–H groups in total. The van der Waals surface area contributed by atoms with E-state index in [0.717, 1.165) is 18.6 Å². The summed E-state index contributed by atoms with van der Waals surface area (Å²) in [6, 6.07) is 0. The number of hydrogen-bond acceptors (Lipinski definition) is 6. The van der Waals surface area contributed by atoms with Crippen LogP contribution >= 0.6 is 11.8 Å². The summed E-state index contributed by atoms with van der Waals surface area (Å²) in [6.07, 6.45) is 2.77. The Morgan fingerprint density at radius 1 is 0.900 bits per heavy atom. The molecule has 0 aromatic rings. The van der Waals surface area contributed by atoms with Crippen LogP contribution in [0.5, 0.6) is 0 Å². The van der Waals surface area contributed by atoms with Crippen LogP contribution in [0.25, 0.3) is 0 Å². The second-order valence-corrected chi connectivity index (χ2v) is 6.54. The standard InChI is InChI=1S/C14H28O5S/c1-2-3-4-5-6-7-8-20-14-13(18)12(17)11(16)10(9-15)19-14/h10-18H,2-9H2,1H3/t10-,11-,12+,13+,14?/m1/s1. The highest BCUT2D eigenvalue weighted by Gasteiger charge is 2.43. The number of rotatable bonds is 9. The highest BCUT2D eigenvalue weighted by Crippen LogP contribution is 2.29. The van der Waals surface area contributed by atoms with Crippen molar-refractivity contribution in [2.75, 3.05) is 12.4 Å². The van der Waals surface area contributed by atoms with Gasteiger partial charge in [0.15, 0.2) is 0 Å². The maximum Gasteiger partial charge on any atom is 0.132 e. The second kappa shape index (κ2) is 9.97. The van der Waals surface area contributed by atoms with Gasteiger partial charge in [0, 0.05) is 0 Å². The summed E-state index contributed by atoms with van der Waals surface area (Å²) >= 11 is 1.44. The summed E-state index contributed by atoms with van der Waals surface area (Å²) in [5, 5.41) is 38.3. The zero-order valence-corrected chi connectivity index (χ0v) is 13.0. The smallest absolute Gasteiger partial charge is 0.132 e. The highest BCUT2D eigenvalue weighted by molar-refractivity contribution is 7.99. The normalized spacial score (nSPS) is 34.4. The molecule has 0 saturated carbocycles. The first-order valence-corrected chi connectivity index (χ1v) is 8.58. The molecule has 6 heteroatoms. The van der Waals surface area contributed by atoms with Gasteiger partial charge in [-0.2, -0.15) is 0 Å². The van der Waals surface area contributed by atoms with Crippen molar-refractivity contribution in [2.24, 2.45) is 0 Å². The Hall–Kier alpha value is 0.150. The molecule has 1 rings (SSSR count). The van der Waals surface area contributed by atoms with Crippen molar-refractivity contribution >= 4 is 11.8 Å². The SMILES string of the molecule is CCCCCCCCSC1O[C@H](CO)[C@@H](O)[C@H](O)[C@@H]1O. The lowest BCUT2D eigenvalue weighted by Crippen LogP contribution is -2.57. The molecule has 1 unspecified atom stereocenters. The van der Waals surface area contributed by atoms with Gasteiger partial charge in [0.1, 0.15) is 29.9 Å². The van der Waals surface area contributed by atoms with E-state index in [9.17, 15) is 15.3 Å². The van der Waals surface area contributed by atoms with Crippen LogP contribution in [-0.2, 0) is 4.74 Å². The van der Waals surface area contributed by atoms with E-state index in [1.807, 2.05) is 0 Å². The predicted octanol–water partition coefficient (Wildman–Crippen LogP) is 0.880. The first-order valence-electron chi connectivity index (χ1n) is 7.54. The third kappa shape index (κ3) is 5.50. The molecule has 0 radical (unpaired) electrons. The lowest BCUT2D eigenvalue weighted by Gasteiger charge is -2.39. The molecule has 1 fully saturated rings. The van der Waals surface area contributed by atoms with Crippen molar-refractivity contribution in [3.63, 3.8) is 0 Å². The van der Waals surface area contributed by atoms with Crippen molar-refractivity contribution in [2.45, 2.75) is 75.3 Å². The van der Waals surface area contributed by atoms with Gasteiger partial charge >= 0.3 is 0 Å². The first-order chi connectivity index (χ1) is 9.61. The quantitative estimate of drug-likeness (QED) is 0.473. The monoisotopic (exact) mass is 308 g/mol. The van der Waals surface area contributed by atoms with Crippen LogP contribution in [0.2, 0.25) is 0 Å². The fraction of sp³-hybridized carbons (Fsp3) is 1.00. The van der Waals surface area contributed by atoms with Gasteiger partial charge in [-0.05, 0) is 12.2 Å². The Morgan fingerprint density at radius 2 is 1.55 bits per heavy atom. The minimum Gasteiger partial charge on any atom is -0.394 e. The Morgan fingerprint density at radius 3 is 2.20 bits per heavy atom. The Bertz CT molecular complexity index is 252. The second-order valence-electron chi connectivity index (χ2n) is 5.34. The fourth-order valence-electron chi connectivity index (χ4n) is 2.29. The minimum atomic E-state index is -1.26. The summed E-state index contributed by atoms with van der Waals surface area (Å²) in [5.74, 6) is 0.842. The Labute approximate surface area is 125 Å². The van der Waals surface area contributed by atoms with Gasteiger partial charge in [-0.3, -0.25) is 0 Å². The van der Waals surface area contributed by atoms with E-state index in [1.54, 1.807) is 0 Å². The molecule has 20 heavy (non-hydrogen) atoms. The zero-order chi connectivity index (χ0) is 15.0. The maximum absolute atomic E-state index is 9.86. The zero-order valence-electron chi connectivity index (χ0n) is 12.1. The van der Waals surface area contributed by atoms with E-state index in [0.29, 0.717) is 0 Å². The highest BCUT2D eigenvalue weighted by atomic mass is 32.2. The molecule has 1 aliphatic rings. The minimum absolute atomic E-state index is 0.362. The number of ether oxygens (including phenoxy) is 1. The van der Waals surface area contributed by atoms with Gasteiger partial charge in [0.25, 0.3) is 0 Å². The fourth-order valence-corrected chi connectivity index (χ4v) is 3.47. The average molecular weight is 308 g/mol. The van der Waals surface area contributed by atoms with Crippen LogP contribution in [0.3, 0.4) is 0 Å². The molecular formula is C14H28O5S. The van der Waals surface area contributed by atoms with Gasteiger partial charge in [-0.1, -0.05) is 39.0 Å². The van der Waals surface area contributed by atoms with Gasteiger partial charge in [-0.25, -0.2) is 0 Å². The number of thioether (sulfide) groups is 1. The Balaban J connectivity index is 2.21. The van der Waals surface area contributed by atoms with E-state index < -0.39 is 29.9 Å². The average Bonchev–Trinajstić information content (AvgIpc) is 2.46. The topological polar surface area (TPSA) is 90.2 Å². The number of aliphatic hydroxyl groups is 4. The molecule has 120 valence electrons. The molecule has 0 aromatic carbocycles. The van der Waals surface area contributed by atoms with Gasteiger partial charge in [-0.15, -0.1) is 11.8 Å². The molecule has 0 amide bonds. The van der Waals surface area contributed by atoms with Gasteiger partial charge in [0.2, 0.25) is 0 Å². The molecule has 5 atom stereocenters. The summed E-state index contributed by atoms with van der Waals surface area (Å²) in [5.41, 5.74) is -0.582.